The zero-order valence-electron chi connectivity index (χ0n) is 12.7. The summed E-state index contributed by atoms with van der Waals surface area (Å²) in [7, 11) is 1.63. The second kappa shape index (κ2) is 6.76. The number of carbonyl (C=O) groups excluding carboxylic acids is 1. The number of carbonyl (C=O) groups is 1. The lowest BCUT2D eigenvalue weighted by molar-refractivity contribution is -0.118. The van der Waals surface area contributed by atoms with Crippen molar-refractivity contribution in [2.24, 2.45) is 0 Å². The molecular formula is C17H23NO3. The minimum absolute atomic E-state index is 0.00810. The van der Waals surface area contributed by atoms with Crippen LogP contribution in [0.3, 0.4) is 0 Å². The van der Waals surface area contributed by atoms with Crippen molar-refractivity contribution in [3.63, 3.8) is 0 Å². The van der Waals surface area contributed by atoms with Crippen LogP contribution in [0.15, 0.2) is 30.3 Å². The van der Waals surface area contributed by atoms with Crippen molar-refractivity contribution >= 4 is 11.5 Å². The largest absolute Gasteiger partial charge is 0.497 e. The molecule has 0 spiro atoms. The van der Waals surface area contributed by atoms with Gasteiger partial charge in [-0.3, -0.25) is 4.79 Å². The number of benzene rings is 1. The van der Waals surface area contributed by atoms with Gasteiger partial charge in [-0.15, -0.1) is 0 Å². The van der Waals surface area contributed by atoms with Gasteiger partial charge in [0, 0.05) is 6.08 Å². The summed E-state index contributed by atoms with van der Waals surface area (Å²) in [6.45, 7) is 1.91. The first-order chi connectivity index (χ1) is 10.1. The molecule has 0 unspecified atom stereocenters. The van der Waals surface area contributed by atoms with E-state index >= 15 is 0 Å². The van der Waals surface area contributed by atoms with Crippen molar-refractivity contribution in [2.75, 3.05) is 13.7 Å². The molecule has 0 saturated heterocycles. The Hall–Kier alpha value is -1.81. The number of aliphatic hydroxyl groups is 1. The molecule has 0 atom stereocenters. The van der Waals surface area contributed by atoms with Crippen LogP contribution in [0.1, 0.15) is 38.2 Å². The van der Waals surface area contributed by atoms with Gasteiger partial charge in [0.1, 0.15) is 5.75 Å². The second-order valence-corrected chi connectivity index (χ2v) is 5.69. The normalized spacial score (nSPS) is 17.6. The van der Waals surface area contributed by atoms with E-state index in [1.807, 2.05) is 31.2 Å². The molecule has 1 aliphatic carbocycles. The van der Waals surface area contributed by atoms with Gasteiger partial charge in [0.05, 0.1) is 19.3 Å². The molecule has 0 bridgehead atoms. The maximum Gasteiger partial charge on any atom is 0.244 e. The number of allylic oxidation sites excluding steroid dienone is 1. The molecule has 1 saturated carbocycles. The molecule has 0 heterocycles. The van der Waals surface area contributed by atoms with Crippen LogP contribution < -0.4 is 10.1 Å². The lowest BCUT2D eigenvalue weighted by Gasteiger charge is -2.27. The Morgan fingerprint density at radius 2 is 1.95 bits per heavy atom. The van der Waals surface area contributed by atoms with E-state index in [0.717, 1.165) is 42.6 Å². The molecule has 21 heavy (non-hydrogen) atoms. The van der Waals surface area contributed by atoms with Gasteiger partial charge in [-0.1, -0.05) is 25.0 Å². The summed E-state index contributed by atoms with van der Waals surface area (Å²) in [4.78, 5) is 12.1. The lowest BCUT2D eigenvalue weighted by Crippen LogP contribution is -2.48. The van der Waals surface area contributed by atoms with Crippen molar-refractivity contribution < 1.29 is 14.6 Å². The molecule has 0 aromatic heterocycles. The molecule has 4 nitrogen and oxygen atoms in total. The summed E-state index contributed by atoms with van der Waals surface area (Å²) < 4.78 is 5.12. The number of aliphatic hydroxyl groups excluding tert-OH is 1. The molecule has 114 valence electrons. The number of hydrogen-bond donors (Lipinski definition) is 2. The maximum absolute atomic E-state index is 12.1. The van der Waals surface area contributed by atoms with Crippen LogP contribution >= 0.6 is 0 Å². The van der Waals surface area contributed by atoms with E-state index in [1.165, 1.54) is 0 Å². The Bertz CT molecular complexity index is 513. The van der Waals surface area contributed by atoms with E-state index in [9.17, 15) is 9.90 Å². The molecule has 1 aliphatic rings. The third kappa shape index (κ3) is 3.85. The zero-order chi connectivity index (χ0) is 15.3. The van der Waals surface area contributed by atoms with Crippen LogP contribution in [0, 0.1) is 0 Å². The minimum atomic E-state index is -0.423. The average Bonchev–Trinajstić information content (AvgIpc) is 2.96. The van der Waals surface area contributed by atoms with Gasteiger partial charge in [0.15, 0.2) is 0 Å². The third-order valence-corrected chi connectivity index (χ3v) is 4.14. The van der Waals surface area contributed by atoms with Gasteiger partial charge in [0.2, 0.25) is 5.91 Å². The Labute approximate surface area is 125 Å². The number of amides is 1. The number of ether oxygens (including phenoxy) is 1. The molecule has 4 heteroatoms. The van der Waals surface area contributed by atoms with E-state index in [4.69, 9.17) is 4.74 Å². The van der Waals surface area contributed by atoms with Crippen LogP contribution in [0.4, 0.5) is 0 Å². The SMILES string of the molecule is COc1ccc(/C(C)=C/C(=O)NC2(CO)CCCC2)cc1. The van der Waals surface area contributed by atoms with Crippen molar-refractivity contribution in [3.05, 3.63) is 35.9 Å². The predicted molar refractivity (Wildman–Crippen MR) is 83.1 cm³/mol. The summed E-state index contributed by atoms with van der Waals surface area (Å²) >= 11 is 0. The fourth-order valence-corrected chi connectivity index (χ4v) is 2.81. The molecule has 2 rings (SSSR count). The second-order valence-electron chi connectivity index (χ2n) is 5.69. The highest BCUT2D eigenvalue weighted by molar-refractivity contribution is 5.95. The summed E-state index contributed by atoms with van der Waals surface area (Å²) in [5.41, 5.74) is 1.45. The first-order valence-corrected chi connectivity index (χ1v) is 7.34. The molecule has 0 aliphatic heterocycles. The zero-order valence-corrected chi connectivity index (χ0v) is 12.7. The van der Waals surface area contributed by atoms with Crippen molar-refractivity contribution in [1.29, 1.82) is 0 Å². The standard InChI is InChI=1S/C17H23NO3/c1-13(14-5-7-15(21-2)8-6-14)11-16(20)18-17(12-19)9-3-4-10-17/h5-8,11,19H,3-4,9-10,12H2,1-2H3,(H,18,20)/b13-11+. The fraction of sp³-hybridized carbons (Fsp3) is 0.471. The van der Waals surface area contributed by atoms with E-state index in [2.05, 4.69) is 5.32 Å². The quantitative estimate of drug-likeness (QED) is 0.819. The first kappa shape index (κ1) is 15.6. The number of hydrogen-bond acceptors (Lipinski definition) is 3. The van der Waals surface area contributed by atoms with Crippen molar-refractivity contribution in [2.45, 2.75) is 38.1 Å². The van der Waals surface area contributed by atoms with Crippen molar-refractivity contribution in [1.82, 2.24) is 5.32 Å². The molecule has 0 radical (unpaired) electrons. The Kier molecular flexibility index (Phi) is 5.02. The van der Waals surface area contributed by atoms with Gasteiger partial charge >= 0.3 is 0 Å². The van der Waals surface area contributed by atoms with E-state index < -0.39 is 5.54 Å². The molecule has 1 amide bonds. The average molecular weight is 289 g/mol. The minimum Gasteiger partial charge on any atom is -0.497 e. The monoisotopic (exact) mass is 289 g/mol. The smallest absolute Gasteiger partial charge is 0.244 e. The Morgan fingerprint density at radius 1 is 1.33 bits per heavy atom. The van der Waals surface area contributed by atoms with E-state index in [1.54, 1.807) is 13.2 Å². The summed E-state index contributed by atoms with van der Waals surface area (Å²) in [5.74, 6) is 0.653. The fourth-order valence-electron chi connectivity index (χ4n) is 2.81. The Balaban J connectivity index is 2.05. The van der Waals surface area contributed by atoms with Gasteiger partial charge in [-0.25, -0.2) is 0 Å². The highest BCUT2D eigenvalue weighted by Crippen LogP contribution is 2.29. The maximum atomic E-state index is 12.1. The highest BCUT2D eigenvalue weighted by atomic mass is 16.5. The number of nitrogens with one attached hydrogen (secondary N) is 1. The van der Waals surface area contributed by atoms with Crippen LogP contribution in [0.25, 0.3) is 5.57 Å². The summed E-state index contributed by atoms with van der Waals surface area (Å²) in [6, 6.07) is 7.60. The van der Waals surface area contributed by atoms with Crippen LogP contribution in [-0.2, 0) is 4.79 Å². The van der Waals surface area contributed by atoms with Crippen LogP contribution in [0.5, 0.6) is 5.75 Å². The lowest BCUT2D eigenvalue weighted by atomic mass is 9.98. The van der Waals surface area contributed by atoms with Crippen LogP contribution in [0.2, 0.25) is 0 Å². The van der Waals surface area contributed by atoms with Gasteiger partial charge < -0.3 is 15.2 Å². The van der Waals surface area contributed by atoms with Gasteiger partial charge in [-0.2, -0.15) is 0 Å². The first-order valence-electron chi connectivity index (χ1n) is 7.34. The Morgan fingerprint density at radius 3 is 2.48 bits per heavy atom. The molecule has 2 N–H and O–H groups in total. The third-order valence-electron chi connectivity index (χ3n) is 4.14. The summed E-state index contributed by atoms with van der Waals surface area (Å²) in [5, 5.41) is 12.5. The predicted octanol–water partition coefficient (Wildman–Crippen LogP) is 2.52. The molecule has 1 aromatic carbocycles. The van der Waals surface area contributed by atoms with E-state index in [-0.39, 0.29) is 12.5 Å². The summed E-state index contributed by atoms with van der Waals surface area (Å²) in [6.07, 6.45) is 5.41. The molecular weight excluding hydrogens is 266 g/mol. The van der Waals surface area contributed by atoms with E-state index in [0.29, 0.717) is 0 Å². The van der Waals surface area contributed by atoms with Gasteiger partial charge in [0.25, 0.3) is 0 Å². The number of methoxy groups -OCH3 is 1. The molecule has 1 fully saturated rings. The van der Waals surface area contributed by atoms with Gasteiger partial charge in [-0.05, 0) is 43.0 Å². The topological polar surface area (TPSA) is 58.6 Å². The van der Waals surface area contributed by atoms with Crippen molar-refractivity contribution in [3.8, 4) is 5.75 Å². The van der Waals surface area contributed by atoms with Crippen LogP contribution in [-0.4, -0.2) is 30.3 Å². The highest BCUT2D eigenvalue weighted by Gasteiger charge is 2.34. The molecule has 1 aromatic rings. The number of rotatable bonds is 5.